The van der Waals surface area contributed by atoms with Crippen LogP contribution < -0.4 is 10.0 Å². The standard InChI is InChI=1S/C18H18N2O3S/c21-18-9-6-13-10-14(7-8-16(13)19-18)24(22,23)20-17-11-15(17)12-4-2-1-3-5-12/h1-5,7-8,10,15,17,20H,6,9,11H2,(H,19,21)/t15-,17-/m0/s1. The number of carbonyl (C=O) groups is 1. The van der Waals surface area contributed by atoms with E-state index >= 15 is 0 Å². The molecule has 1 amide bonds. The first-order chi connectivity index (χ1) is 11.5. The Bertz CT molecular complexity index is 894. The molecule has 4 rings (SSSR count). The van der Waals surface area contributed by atoms with Gasteiger partial charge in [-0.25, -0.2) is 13.1 Å². The van der Waals surface area contributed by atoms with Crippen molar-refractivity contribution in [3.8, 4) is 0 Å². The number of amides is 1. The number of hydrogen-bond donors (Lipinski definition) is 2. The Labute approximate surface area is 141 Å². The Morgan fingerprint density at radius 2 is 1.83 bits per heavy atom. The molecule has 0 unspecified atom stereocenters. The molecule has 1 fully saturated rings. The fraction of sp³-hybridized carbons (Fsp3) is 0.278. The lowest BCUT2D eigenvalue weighted by Gasteiger charge is -2.17. The Hall–Kier alpha value is -2.18. The first-order valence-corrected chi connectivity index (χ1v) is 9.51. The van der Waals surface area contributed by atoms with Gasteiger partial charge in [0, 0.05) is 24.1 Å². The average molecular weight is 342 g/mol. The van der Waals surface area contributed by atoms with Crippen molar-refractivity contribution in [1.29, 1.82) is 0 Å². The first kappa shape index (κ1) is 15.4. The highest BCUT2D eigenvalue weighted by molar-refractivity contribution is 7.89. The van der Waals surface area contributed by atoms with Crippen LogP contribution in [0.25, 0.3) is 0 Å². The summed E-state index contributed by atoms with van der Waals surface area (Å²) in [6.45, 7) is 0. The van der Waals surface area contributed by atoms with Crippen LogP contribution in [-0.2, 0) is 21.2 Å². The van der Waals surface area contributed by atoms with E-state index in [4.69, 9.17) is 0 Å². The number of carbonyl (C=O) groups excluding carboxylic acids is 1. The van der Waals surface area contributed by atoms with Gasteiger partial charge in [-0.05, 0) is 42.2 Å². The molecule has 2 aromatic carbocycles. The molecule has 1 saturated carbocycles. The van der Waals surface area contributed by atoms with E-state index in [2.05, 4.69) is 10.0 Å². The third kappa shape index (κ3) is 2.95. The van der Waals surface area contributed by atoms with E-state index in [0.717, 1.165) is 12.0 Å². The van der Waals surface area contributed by atoms with Crippen molar-refractivity contribution in [2.75, 3.05) is 5.32 Å². The normalized spacial score (nSPS) is 22.6. The number of anilines is 1. The predicted octanol–water partition coefficient (Wildman–Crippen LogP) is 2.41. The lowest BCUT2D eigenvalue weighted by Crippen LogP contribution is -2.27. The molecule has 124 valence electrons. The maximum absolute atomic E-state index is 12.6. The number of fused-ring (bicyclic) bond motifs is 1. The first-order valence-electron chi connectivity index (χ1n) is 8.03. The second-order valence-electron chi connectivity index (χ2n) is 6.35. The van der Waals surface area contributed by atoms with Crippen molar-refractivity contribution in [2.45, 2.75) is 36.1 Å². The van der Waals surface area contributed by atoms with Gasteiger partial charge in [0.15, 0.2) is 0 Å². The van der Waals surface area contributed by atoms with Gasteiger partial charge < -0.3 is 5.32 Å². The van der Waals surface area contributed by atoms with Crippen molar-refractivity contribution in [1.82, 2.24) is 4.72 Å². The van der Waals surface area contributed by atoms with Crippen LogP contribution in [0.3, 0.4) is 0 Å². The van der Waals surface area contributed by atoms with Crippen molar-refractivity contribution in [2.24, 2.45) is 0 Å². The van der Waals surface area contributed by atoms with Crippen LogP contribution in [0.1, 0.15) is 29.9 Å². The number of nitrogens with one attached hydrogen (secondary N) is 2. The molecular weight excluding hydrogens is 324 g/mol. The van der Waals surface area contributed by atoms with E-state index in [1.807, 2.05) is 30.3 Å². The lowest BCUT2D eigenvalue weighted by molar-refractivity contribution is -0.116. The molecule has 0 radical (unpaired) electrons. The summed E-state index contributed by atoms with van der Waals surface area (Å²) in [6.07, 6.45) is 1.79. The lowest BCUT2D eigenvalue weighted by atomic mass is 10.0. The molecule has 24 heavy (non-hydrogen) atoms. The monoisotopic (exact) mass is 342 g/mol. The molecule has 0 aromatic heterocycles. The minimum atomic E-state index is -3.55. The number of aryl methyl sites for hydroxylation is 1. The summed E-state index contributed by atoms with van der Waals surface area (Å²) in [6, 6.07) is 14.8. The van der Waals surface area contributed by atoms with Gasteiger partial charge >= 0.3 is 0 Å². The van der Waals surface area contributed by atoms with Gasteiger partial charge in [-0.2, -0.15) is 0 Å². The molecule has 1 aliphatic heterocycles. The fourth-order valence-corrected chi connectivity index (χ4v) is 4.53. The molecule has 0 saturated heterocycles. The minimum Gasteiger partial charge on any atom is -0.326 e. The van der Waals surface area contributed by atoms with Crippen LogP contribution >= 0.6 is 0 Å². The minimum absolute atomic E-state index is 0.0279. The number of rotatable bonds is 4. The van der Waals surface area contributed by atoms with E-state index in [-0.39, 0.29) is 22.8 Å². The summed E-state index contributed by atoms with van der Waals surface area (Å²) >= 11 is 0. The van der Waals surface area contributed by atoms with Crippen molar-refractivity contribution in [3.63, 3.8) is 0 Å². The van der Waals surface area contributed by atoms with Crippen LogP contribution in [-0.4, -0.2) is 20.4 Å². The van der Waals surface area contributed by atoms with E-state index in [0.29, 0.717) is 18.5 Å². The molecule has 2 N–H and O–H groups in total. The van der Waals surface area contributed by atoms with Gasteiger partial charge in [-0.15, -0.1) is 0 Å². The SMILES string of the molecule is O=C1CCc2cc(S(=O)(=O)N[C@H]3C[C@H]3c3ccccc3)ccc2N1. The molecule has 2 aromatic rings. The zero-order chi connectivity index (χ0) is 16.7. The zero-order valence-electron chi connectivity index (χ0n) is 13.0. The van der Waals surface area contributed by atoms with Crippen LogP contribution in [0.5, 0.6) is 0 Å². The molecule has 1 heterocycles. The van der Waals surface area contributed by atoms with Gasteiger partial charge in [0.05, 0.1) is 4.90 Å². The summed E-state index contributed by atoms with van der Waals surface area (Å²) in [5.74, 6) is 0.220. The van der Waals surface area contributed by atoms with E-state index in [1.165, 1.54) is 5.56 Å². The Morgan fingerprint density at radius 3 is 2.62 bits per heavy atom. The third-order valence-corrected chi connectivity index (χ3v) is 6.09. The highest BCUT2D eigenvalue weighted by atomic mass is 32.2. The summed E-state index contributed by atoms with van der Waals surface area (Å²) in [7, 11) is -3.55. The van der Waals surface area contributed by atoms with Crippen molar-refractivity contribution < 1.29 is 13.2 Å². The van der Waals surface area contributed by atoms with Crippen LogP contribution in [0.4, 0.5) is 5.69 Å². The van der Waals surface area contributed by atoms with Gasteiger partial charge in [0.25, 0.3) is 0 Å². The summed E-state index contributed by atoms with van der Waals surface area (Å²) < 4.78 is 28.0. The van der Waals surface area contributed by atoms with Crippen LogP contribution in [0.15, 0.2) is 53.4 Å². The van der Waals surface area contributed by atoms with Gasteiger partial charge in [-0.1, -0.05) is 30.3 Å². The number of sulfonamides is 1. The zero-order valence-corrected chi connectivity index (χ0v) is 13.8. The molecule has 0 spiro atoms. The largest absolute Gasteiger partial charge is 0.326 e. The van der Waals surface area contributed by atoms with E-state index in [1.54, 1.807) is 18.2 Å². The molecule has 1 aliphatic carbocycles. The second kappa shape index (κ2) is 5.72. The van der Waals surface area contributed by atoms with E-state index in [9.17, 15) is 13.2 Å². The maximum atomic E-state index is 12.6. The molecule has 0 bridgehead atoms. The van der Waals surface area contributed by atoms with Crippen molar-refractivity contribution >= 4 is 21.6 Å². The molecule has 2 aliphatic rings. The van der Waals surface area contributed by atoms with Gasteiger partial charge in [0.1, 0.15) is 0 Å². The van der Waals surface area contributed by atoms with E-state index < -0.39 is 10.0 Å². The Kier molecular flexibility index (Phi) is 3.66. The molecule has 6 heteroatoms. The molecule has 2 atom stereocenters. The fourth-order valence-electron chi connectivity index (χ4n) is 3.19. The summed E-state index contributed by atoms with van der Waals surface area (Å²) in [4.78, 5) is 11.7. The highest BCUT2D eigenvalue weighted by Gasteiger charge is 2.41. The quantitative estimate of drug-likeness (QED) is 0.896. The molecular formula is C18H18N2O3S. The van der Waals surface area contributed by atoms with Crippen LogP contribution in [0, 0.1) is 0 Å². The van der Waals surface area contributed by atoms with Crippen LogP contribution in [0.2, 0.25) is 0 Å². The average Bonchev–Trinajstić information content (AvgIpc) is 3.33. The maximum Gasteiger partial charge on any atom is 0.240 e. The highest BCUT2D eigenvalue weighted by Crippen LogP contribution is 2.41. The summed E-state index contributed by atoms with van der Waals surface area (Å²) in [5, 5.41) is 2.77. The predicted molar refractivity (Wildman–Crippen MR) is 91.3 cm³/mol. The van der Waals surface area contributed by atoms with Gasteiger partial charge in [-0.3, -0.25) is 4.79 Å². The Morgan fingerprint density at radius 1 is 1.04 bits per heavy atom. The van der Waals surface area contributed by atoms with Crippen molar-refractivity contribution in [3.05, 3.63) is 59.7 Å². The molecule has 5 nitrogen and oxygen atoms in total. The summed E-state index contributed by atoms with van der Waals surface area (Å²) in [5.41, 5.74) is 2.74. The number of benzene rings is 2. The number of hydrogen-bond acceptors (Lipinski definition) is 3. The third-order valence-electron chi connectivity index (χ3n) is 4.61. The second-order valence-corrected chi connectivity index (χ2v) is 8.06. The topological polar surface area (TPSA) is 75.3 Å². The Balaban J connectivity index is 1.51. The van der Waals surface area contributed by atoms with Gasteiger partial charge in [0.2, 0.25) is 15.9 Å². The smallest absolute Gasteiger partial charge is 0.240 e.